The lowest BCUT2D eigenvalue weighted by Crippen LogP contribution is -2.34. The summed E-state index contributed by atoms with van der Waals surface area (Å²) < 4.78 is 0. The van der Waals surface area contributed by atoms with Gasteiger partial charge in [-0.25, -0.2) is 0 Å². The van der Waals surface area contributed by atoms with E-state index in [4.69, 9.17) is 5.53 Å². The third-order valence-corrected chi connectivity index (χ3v) is 4.40. The lowest BCUT2D eigenvalue weighted by atomic mass is 9.70. The van der Waals surface area contributed by atoms with Crippen LogP contribution >= 0.6 is 0 Å². The van der Waals surface area contributed by atoms with Gasteiger partial charge < -0.3 is 5.53 Å². The van der Waals surface area contributed by atoms with E-state index in [1.54, 1.807) is 0 Å². The molecule has 0 heterocycles. The van der Waals surface area contributed by atoms with Crippen molar-refractivity contribution in [3.8, 4) is 0 Å². The van der Waals surface area contributed by atoms with Crippen molar-refractivity contribution in [3.05, 3.63) is 5.53 Å². The minimum atomic E-state index is -0.205. The number of ketones is 1. The largest absolute Gasteiger partial charge is 0.361 e. The topological polar surface area (TPSA) is 53.5 Å². The molecule has 2 fully saturated rings. The van der Waals surface area contributed by atoms with Crippen LogP contribution in [0.1, 0.15) is 33.6 Å². The van der Waals surface area contributed by atoms with Crippen LogP contribution in [-0.2, 0) is 4.79 Å². The van der Waals surface area contributed by atoms with E-state index in [1.165, 1.54) is 0 Å². The van der Waals surface area contributed by atoms with Crippen molar-refractivity contribution < 1.29 is 9.58 Å². The van der Waals surface area contributed by atoms with Crippen LogP contribution in [0, 0.1) is 16.7 Å². The van der Waals surface area contributed by atoms with Gasteiger partial charge in [0.25, 0.3) is 0 Å². The Hall–Kier alpha value is -0.950. The van der Waals surface area contributed by atoms with E-state index in [1.807, 2.05) is 6.92 Å². The summed E-state index contributed by atoms with van der Waals surface area (Å²) in [4.78, 5) is 14.9. The molecule has 13 heavy (non-hydrogen) atoms. The molecular weight excluding hydrogens is 164 g/mol. The quantitative estimate of drug-likeness (QED) is 0.411. The Labute approximate surface area is 77.8 Å². The van der Waals surface area contributed by atoms with Crippen LogP contribution in [0.3, 0.4) is 0 Å². The molecule has 0 radical (unpaired) electrons. The van der Waals surface area contributed by atoms with Crippen LogP contribution in [0.5, 0.6) is 0 Å². The average Bonchev–Trinajstić information content (AvgIpc) is 2.32. The Bertz CT molecular complexity index is 339. The minimum absolute atomic E-state index is 0.0361. The summed E-state index contributed by atoms with van der Waals surface area (Å²) in [7, 11) is 0. The fourth-order valence-corrected chi connectivity index (χ4v) is 2.98. The Balaban J connectivity index is 2.65. The molecule has 0 amide bonds. The number of nitrogens with zero attached hydrogens (tertiary/aromatic N) is 2. The number of carbonyl (C=O) groups is 1. The molecular formula is C10H14N2O. The Morgan fingerprint density at radius 3 is 2.38 bits per heavy atom. The number of fused-ring (bicyclic) bond motifs is 2. The van der Waals surface area contributed by atoms with E-state index in [-0.39, 0.29) is 22.5 Å². The zero-order chi connectivity index (χ0) is 9.85. The third-order valence-electron chi connectivity index (χ3n) is 4.40. The second-order valence-corrected chi connectivity index (χ2v) is 4.96. The molecule has 2 saturated carbocycles. The van der Waals surface area contributed by atoms with Gasteiger partial charge in [0.2, 0.25) is 5.78 Å². The molecule has 0 aliphatic heterocycles. The zero-order valence-electron chi connectivity index (χ0n) is 8.29. The normalized spacial score (nSPS) is 41.0. The van der Waals surface area contributed by atoms with Crippen molar-refractivity contribution >= 4 is 11.5 Å². The highest BCUT2D eigenvalue weighted by Crippen LogP contribution is 2.61. The molecule has 2 aliphatic carbocycles. The van der Waals surface area contributed by atoms with E-state index in [9.17, 15) is 4.79 Å². The molecule has 70 valence electrons. The van der Waals surface area contributed by atoms with E-state index in [0.717, 1.165) is 12.8 Å². The second-order valence-electron chi connectivity index (χ2n) is 4.96. The fraction of sp³-hybridized carbons (Fsp3) is 0.800. The monoisotopic (exact) mass is 178 g/mol. The number of Topliss-reactive ketones (excluding diaryl/α,β-unsaturated/α-hetero) is 1. The van der Waals surface area contributed by atoms with Crippen molar-refractivity contribution in [1.29, 1.82) is 0 Å². The minimum Gasteiger partial charge on any atom is -0.361 e. The summed E-state index contributed by atoms with van der Waals surface area (Å²) in [5.74, 6) is 0.129. The number of hydrogen-bond acceptors (Lipinski definition) is 1. The molecule has 0 N–H and O–H groups in total. The molecule has 0 saturated heterocycles. The van der Waals surface area contributed by atoms with Crippen molar-refractivity contribution in [1.82, 2.24) is 0 Å². The standard InChI is InChI=1S/C10H14N2O/c1-9(2)6-4-5-10(9,3)8(12-11)7(6)13/h6H,4-5H2,1-3H3. The van der Waals surface area contributed by atoms with Crippen molar-refractivity contribution in [2.24, 2.45) is 16.7 Å². The molecule has 0 aromatic rings. The first kappa shape index (κ1) is 8.64. The second kappa shape index (κ2) is 2.10. The summed E-state index contributed by atoms with van der Waals surface area (Å²) in [6.45, 7) is 6.23. The molecule has 2 rings (SSSR count). The highest BCUT2D eigenvalue weighted by Gasteiger charge is 2.69. The van der Waals surface area contributed by atoms with Crippen LogP contribution in [0.2, 0.25) is 0 Å². The molecule has 0 spiro atoms. The lowest BCUT2D eigenvalue weighted by Gasteiger charge is -2.29. The van der Waals surface area contributed by atoms with E-state index in [2.05, 4.69) is 18.6 Å². The molecule has 2 aliphatic rings. The Morgan fingerprint density at radius 1 is 1.46 bits per heavy atom. The summed E-state index contributed by atoms with van der Waals surface area (Å²) in [6, 6.07) is 0. The molecule has 0 aromatic carbocycles. The van der Waals surface area contributed by atoms with Crippen LogP contribution in [0.4, 0.5) is 0 Å². The molecule has 2 bridgehead atoms. The third kappa shape index (κ3) is 0.696. The van der Waals surface area contributed by atoms with Crippen LogP contribution in [0.15, 0.2) is 0 Å². The summed E-state index contributed by atoms with van der Waals surface area (Å²) in [5.41, 5.74) is 8.98. The van der Waals surface area contributed by atoms with Gasteiger partial charge in [0.05, 0.1) is 5.41 Å². The molecule has 3 nitrogen and oxygen atoms in total. The van der Waals surface area contributed by atoms with Crippen LogP contribution in [0.25, 0.3) is 5.53 Å². The highest BCUT2D eigenvalue weighted by atomic mass is 16.1. The number of hydrogen-bond donors (Lipinski definition) is 0. The van der Waals surface area contributed by atoms with Gasteiger partial charge in [-0.15, -0.1) is 0 Å². The summed E-state index contributed by atoms with van der Waals surface area (Å²) in [6.07, 6.45) is 1.91. The van der Waals surface area contributed by atoms with Crippen molar-refractivity contribution in [2.75, 3.05) is 0 Å². The van der Waals surface area contributed by atoms with Gasteiger partial charge >= 0.3 is 5.71 Å². The summed E-state index contributed by atoms with van der Waals surface area (Å²) >= 11 is 0. The van der Waals surface area contributed by atoms with Gasteiger partial charge in [-0.05, 0) is 25.2 Å². The molecule has 0 aromatic heterocycles. The molecule has 3 heteroatoms. The SMILES string of the molecule is CC12CCC(C(=O)C1=[N+]=[N-])C2(C)C. The van der Waals surface area contributed by atoms with Gasteiger partial charge in [0.1, 0.15) is 0 Å². The highest BCUT2D eigenvalue weighted by molar-refractivity contribution is 6.43. The Kier molecular flexibility index (Phi) is 1.40. The first-order valence-electron chi connectivity index (χ1n) is 4.72. The van der Waals surface area contributed by atoms with Gasteiger partial charge in [-0.3, -0.25) is 4.79 Å². The van der Waals surface area contributed by atoms with Crippen molar-refractivity contribution in [2.45, 2.75) is 33.6 Å². The summed E-state index contributed by atoms with van der Waals surface area (Å²) in [5, 5.41) is 0. The first-order valence-corrected chi connectivity index (χ1v) is 4.72. The smallest absolute Gasteiger partial charge is 0.341 e. The number of carbonyl (C=O) groups excluding carboxylic acids is 1. The molecule has 2 atom stereocenters. The maximum absolute atomic E-state index is 11.7. The zero-order valence-corrected chi connectivity index (χ0v) is 8.29. The van der Waals surface area contributed by atoms with Gasteiger partial charge in [-0.2, -0.15) is 4.79 Å². The maximum atomic E-state index is 11.7. The average molecular weight is 178 g/mol. The Morgan fingerprint density at radius 2 is 2.08 bits per heavy atom. The lowest BCUT2D eigenvalue weighted by molar-refractivity contribution is -0.121. The van der Waals surface area contributed by atoms with Crippen LogP contribution < -0.4 is 0 Å². The van der Waals surface area contributed by atoms with Gasteiger partial charge in [0.15, 0.2) is 0 Å². The maximum Gasteiger partial charge on any atom is 0.341 e. The number of rotatable bonds is 0. The predicted molar refractivity (Wildman–Crippen MR) is 48.2 cm³/mol. The van der Waals surface area contributed by atoms with Crippen LogP contribution in [-0.4, -0.2) is 16.3 Å². The predicted octanol–water partition coefficient (Wildman–Crippen LogP) is 1.68. The van der Waals surface area contributed by atoms with Gasteiger partial charge in [0, 0.05) is 5.92 Å². The van der Waals surface area contributed by atoms with Crippen molar-refractivity contribution in [3.63, 3.8) is 0 Å². The fourth-order valence-electron chi connectivity index (χ4n) is 2.98. The first-order chi connectivity index (χ1) is 5.95. The van der Waals surface area contributed by atoms with E-state index >= 15 is 0 Å². The molecule has 2 unspecified atom stereocenters. The van der Waals surface area contributed by atoms with E-state index in [0.29, 0.717) is 5.71 Å². The van der Waals surface area contributed by atoms with Gasteiger partial charge in [-0.1, -0.05) is 13.8 Å². The van der Waals surface area contributed by atoms with E-state index < -0.39 is 0 Å².